The first-order valence-corrected chi connectivity index (χ1v) is 6.05. The number of hydrogen-bond donors (Lipinski definition) is 1. The van der Waals surface area contributed by atoms with Gasteiger partial charge < -0.3 is 4.74 Å². The second-order valence-corrected chi connectivity index (χ2v) is 4.60. The van der Waals surface area contributed by atoms with Gasteiger partial charge in [-0.3, -0.25) is 3.53 Å². The molecule has 1 aliphatic rings. The number of halogens is 2. The van der Waals surface area contributed by atoms with Gasteiger partial charge >= 0.3 is 0 Å². The zero-order valence-electron chi connectivity index (χ0n) is 8.47. The fourth-order valence-electron chi connectivity index (χ4n) is 1.71. The van der Waals surface area contributed by atoms with Crippen molar-refractivity contribution in [1.29, 1.82) is 0 Å². The Balaban J connectivity index is 1.94. The van der Waals surface area contributed by atoms with Crippen LogP contribution in [0, 0.1) is 12.7 Å². The van der Waals surface area contributed by atoms with Crippen LogP contribution in [0.4, 0.5) is 4.39 Å². The predicted molar refractivity (Wildman–Crippen MR) is 65.7 cm³/mol. The molecule has 82 valence electrons. The first kappa shape index (κ1) is 11.1. The first-order valence-electron chi connectivity index (χ1n) is 4.97. The summed E-state index contributed by atoms with van der Waals surface area (Å²) in [6.07, 6.45) is 2.23. The summed E-state index contributed by atoms with van der Waals surface area (Å²) < 4.78 is 21.9. The van der Waals surface area contributed by atoms with Crippen molar-refractivity contribution in [1.82, 2.24) is 3.53 Å². The van der Waals surface area contributed by atoms with Crippen molar-refractivity contribution in [2.75, 3.05) is 0 Å². The van der Waals surface area contributed by atoms with Crippen molar-refractivity contribution < 1.29 is 9.13 Å². The second kappa shape index (κ2) is 4.65. The molecule has 0 amide bonds. The van der Waals surface area contributed by atoms with Crippen molar-refractivity contribution in [3.05, 3.63) is 29.6 Å². The molecule has 0 atom stereocenters. The average Bonchev–Trinajstić information content (AvgIpc) is 2.08. The normalized spacial score (nSPS) is 24.7. The minimum atomic E-state index is -0.229. The monoisotopic (exact) mass is 321 g/mol. The Morgan fingerprint density at radius 3 is 2.73 bits per heavy atom. The van der Waals surface area contributed by atoms with E-state index >= 15 is 0 Å². The lowest BCUT2D eigenvalue weighted by Gasteiger charge is -2.34. The van der Waals surface area contributed by atoms with Crippen LogP contribution >= 0.6 is 22.9 Å². The lowest BCUT2D eigenvalue weighted by Crippen LogP contribution is -2.43. The Hall–Kier alpha value is -0.360. The Labute approximate surface area is 103 Å². The molecule has 0 radical (unpaired) electrons. The fraction of sp³-hybridized carbons (Fsp3) is 0.455. The molecule has 0 heterocycles. The van der Waals surface area contributed by atoms with E-state index in [-0.39, 0.29) is 11.9 Å². The van der Waals surface area contributed by atoms with Gasteiger partial charge in [0.25, 0.3) is 0 Å². The highest BCUT2D eigenvalue weighted by molar-refractivity contribution is 14.1. The van der Waals surface area contributed by atoms with Crippen molar-refractivity contribution in [3.8, 4) is 5.75 Å². The van der Waals surface area contributed by atoms with Gasteiger partial charge in [-0.1, -0.05) is 0 Å². The van der Waals surface area contributed by atoms with Gasteiger partial charge in [0, 0.05) is 47.8 Å². The van der Waals surface area contributed by atoms with E-state index in [2.05, 4.69) is 26.4 Å². The maximum atomic E-state index is 13.0. The van der Waals surface area contributed by atoms with Gasteiger partial charge in [-0.15, -0.1) is 0 Å². The third-order valence-electron chi connectivity index (χ3n) is 2.57. The fourth-order valence-corrected chi connectivity index (χ4v) is 2.22. The smallest absolute Gasteiger partial charge is 0.127 e. The van der Waals surface area contributed by atoms with Gasteiger partial charge in [0.1, 0.15) is 17.7 Å². The Morgan fingerprint density at radius 2 is 2.13 bits per heavy atom. The standard InChI is InChI=1S/C11H13FINO/c1-7-2-8(12)4-10(3-7)15-11-5-9(6-11)14-13/h2-4,9,11,14H,5-6H2,1H3/t9-,11+. The Bertz CT molecular complexity index is 332. The molecule has 0 bridgehead atoms. The minimum absolute atomic E-state index is 0.229. The van der Waals surface area contributed by atoms with Gasteiger partial charge in [0.15, 0.2) is 0 Å². The molecule has 1 aromatic rings. The molecule has 1 aliphatic carbocycles. The Morgan fingerprint density at radius 1 is 1.40 bits per heavy atom. The quantitative estimate of drug-likeness (QED) is 0.683. The first-order chi connectivity index (χ1) is 7.17. The summed E-state index contributed by atoms with van der Waals surface area (Å²) in [5.74, 6) is 0.414. The second-order valence-electron chi connectivity index (χ2n) is 3.98. The van der Waals surface area contributed by atoms with E-state index in [1.165, 1.54) is 12.1 Å². The zero-order valence-corrected chi connectivity index (χ0v) is 10.6. The summed E-state index contributed by atoms with van der Waals surface area (Å²) in [4.78, 5) is 0. The van der Waals surface area contributed by atoms with Crippen molar-refractivity contribution >= 4 is 22.9 Å². The van der Waals surface area contributed by atoms with Crippen molar-refractivity contribution in [2.24, 2.45) is 0 Å². The van der Waals surface area contributed by atoms with Crippen LogP contribution in [0.5, 0.6) is 5.75 Å². The largest absolute Gasteiger partial charge is 0.490 e. The number of hydrogen-bond acceptors (Lipinski definition) is 2. The highest BCUT2D eigenvalue weighted by Crippen LogP contribution is 2.27. The Kier molecular flexibility index (Phi) is 3.45. The van der Waals surface area contributed by atoms with Crippen LogP contribution in [-0.2, 0) is 0 Å². The van der Waals surface area contributed by atoms with Crippen LogP contribution in [0.2, 0.25) is 0 Å². The lowest BCUT2D eigenvalue weighted by atomic mass is 9.90. The molecule has 0 aliphatic heterocycles. The number of aryl methyl sites for hydroxylation is 1. The molecular weight excluding hydrogens is 308 g/mol. The maximum absolute atomic E-state index is 13.0. The molecule has 4 heteroatoms. The SMILES string of the molecule is Cc1cc(F)cc(O[C@H]2C[C@@H](NI)C2)c1. The predicted octanol–water partition coefficient (Wildman–Crippen LogP) is 2.98. The summed E-state index contributed by atoms with van der Waals surface area (Å²) in [7, 11) is 0. The molecule has 0 aromatic heterocycles. The van der Waals surface area contributed by atoms with Crippen LogP contribution in [0.1, 0.15) is 18.4 Å². The van der Waals surface area contributed by atoms with Gasteiger partial charge in [-0.25, -0.2) is 4.39 Å². The van der Waals surface area contributed by atoms with Crippen LogP contribution in [0.25, 0.3) is 0 Å². The van der Waals surface area contributed by atoms with E-state index in [4.69, 9.17) is 4.74 Å². The summed E-state index contributed by atoms with van der Waals surface area (Å²) in [5, 5.41) is 0. The van der Waals surface area contributed by atoms with E-state index in [0.29, 0.717) is 11.8 Å². The van der Waals surface area contributed by atoms with Crippen LogP contribution in [0.3, 0.4) is 0 Å². The van der Waals surface area contributed by atoms with Gasteiger partial charge in [0.05, 0.1) is 0 Å². The van der Waals surface area contributed by atoms with Crippen LogP contribution in [-0.4, -0.2) is 12.1 Å². The number of nitrogens with one attached hydrogen (secondary N) is 1. The van der Waals surface area contributed by atoms with Gasteiger partial charge in [-0.05, 0) is 24.6 Å². The molecule has 0 unspecified atom stereocenters. The average molecular weight is 321 g/mol. The van der Waals surface area contributed by atoms with Crippen LogP contribution < -0.4 is 8.27 Å². The molecule has 1 aromatic carbocycles. The summed E-state index contributed by atoms with van der Waals surface area (Å²) in [5.41, 5.74) is 0.896. The molecule has 2 nitrogen and oxygen atoms in total. The molecule has 0 spiro atoms. The van der Waals surface area contributed by atoms with E-state index in [1.54, 1.807) is 0 Å². The highest BCUT2D eigenvalue weighted by Gasteiger charge is 2.29. The molecule has 0 saturated heterocycles. The summed E-state index contributed by atoms with van der Waals surface area (Å²) >= 11 is 2.15. The lowest BCUT2D eigenvalue weighted by molar-refractivity contribution is 0.0970. The van der Waals surface area contributed by atoms with E-state index in [1.807, 2.05) is 13.0 Å². The molecular formula is C11H13FINO. The zero-order chi connectivity index (χ0) is 10.8. The molecule has 1 saturated carbocycles. The van der Waals surface area contributed by atoms with Crippen LogP contribution in [0.15, 0.2) is 18.2 Å². The van der Waals surface area contributed by atoms with Crippen molar-refractivity contribution in [3.63, 3.8) is 0 Å². The van der Waals surface area contributed by atoms with Gasteiger partial charge in [-0.2, -0.15) is 0 Å². The molecule has 1 fully saturated rings. The topological polar surface area (TPSA) is 21.3 Å². The maximum Gasteiger partial charge on any atom is 0.127 e. The molecule has 15 heavy (non-hydrogen) atoms. The minimum Gasteiger partial charge on any atom is -0.490 e. The number of rotatable bonds is 3. The van der Waals surface area contributed by atoms with Gasteiger partial charge in [0.2, 0.25) is 0 Å². The summed E-state index contributed by atoms with van der Waals surface area (Å²) in [6.45, 7) is 1.87. The van der Waals surface area contributed by atoms with E-state index in [0.717, 1.165) is 18.4 Å². The summed E-state index contributed by atoms with van der Waals surface area (Å²) in [6, 6.07) is 5.36. The third-order valence-corrected chi connectivity index (χ3v) is 3.45. The highest BCUT2D eigenvalue weighted by atomic mass is 127. The molecule has 2 rings (SSSR count). The number of benzene rings is 1. The van der Waals surface area contributed by atoms with E-state index in [9.17, 15) is 4.39 Å². The van der Waals surface area contributed by atoms with E-state index < -0.39 is 0 Å². The number of ether oxygens (including phenoxy) is 1. The molecule has 1 N–H and O–H groups in total. The third kappa shape index (κ3) is 2.81. The van der Waals surface area contributed by atoms with Crippen molar-refractivity contribution in [2.45, 2.75) is 31.9 Å².